The molecule has 0 saturated carbocycles. The number of halogens is 2. The molecule has 0 aliphatic carbocycles. The van der Waals surface area contributed by atoms with Gasteiger partial charge in [-0.3, -0.25) is 9.59 Å². The molecule has 0 aliphatic heterocycles. The molecule has 4 rings (SSSR count). The Bertz CT molecular complexity index is 2450. The van der Waals surface area contributed by atoms with Crippen LogP contribution >= 0.6 is 23.2 Å². The van der Waals surface area contributed by atoms with Crippen molar-refractivity contribution in [2.24, 2.45) is 10.2 Å². The van der Waals surface area contributed by atoms with Crippen molar-refractivity contribution in [2.75, 3.05) is 34.4 Å². The quantitative estimate of drug-likeness (QED) is 0.109. The minimum absolute atomic E-state index is 0. The molecule has 2 N–H and O–H groups in total. The maximum Gasteiger partial charge on any atom is 1.00 e. The first-order chi connectivity index (χ1) is 25.5. The second-order valence-electron chi connectivity index (χ2n) is 13.3. The summed E-state index contributed by atoms with van der Waals surface area (Å²) >= 11 is 13.5. The van der Waals surface area contributed by atoms with Crippen molar-refractivity contribution < 1.29 is 94.6 Å². The molecule has 22 heteroatoms. The van der Waals surface area contributed by atoms with Crippen LogP contribution in [0.25, 0.3) is 5.69 Å². The van der Waals surface area contributed by atoms with E-state index in [-0.39, 0.29) is 122 Å². The number of carbonyl (C=O) groups is 2. The monoisotopic (exact) mass is 876 g/mol. The molecule has 0 spiro atoms. The molecular formula is C35H36Cl2N8Na2O8S2. The van der Waals surface area contributed by atoms with Gasteiger partial charge in [-0.25, -0.2) is 21.5 Å². The van der Waals surface area contributed by atoms with Crippen molar-refractivity contribution in [3.63, 3.8) is 0 Å². The number of nitriles is 1. The molecule has 0 fully saturated rings. The van der Waals surface area contributed by atoms with Crippen molar-refractivity contribution in [1.29, 1.82) is 5.26 Å². The molecule has 0 atom stereocenters. The standard InChI is InChI=1S/C35H38Cl2N8O8S2.2Na/c1-7-44(12-9-13-54(48,49)50)30-18-28(39-21(3)46)29(14-20(30)2)41-42-33-25(19-38)32(35(4,5)6)43-45(33)31-26(36)16-23(17-27(31)37)40-34(47)22-10-8-11-24(15-22)55(51,52)53;;/h8,10-11,14-18H,7,9,12-13H2,1-6H3,(H,39,46)(H,40,47)(H,48,49,50)(H,51,52,53);;/q;2*+1/p-2. The predicted octanol–water partition coefficient (Wildman–Crippen LogP) is 0.957. The van der Waals surface area contributed by atoms with Crippen LogP contribution in [0, 0.1) is 18.3 Å². The van der Waals surface area contributed by atoms with E-state index in [0.717, 1.165) is 12.1 Å². The number of hydrogen-bond acceptors (Lipinski definition) is 13. The summed E-state index contributed by atoms with van der Waals surface area (Å²) in [7, 11) is -9.21. The third-order valence-corrected chi connectivity index (χ3v) is 10.2. The van der Waals surface area contributed by atoms with Crippen LogP contribution in [0.4, 0.5) is 28.6 Å². The summed E-state index contributed by atoms with van der Waals surface area (Å²) in [6.07, 6.45) is 0.0917. The zero-order valence-corrected chi connectivity index (χ0v) is 39.6. The molecule has 57 heavy (non-hydrogen) atoms. The van der Waals surface area contributed by atoms with Gasteiger partial charge in [0, 0.05) is 48.1 Å². The first-order valence-electron chi connectivity index (χ1n) is 16.5. The number of rotatable bonds is 13. The minimum atomic E-state index is -4.81. The molecule has 1 heterocycles. The normalized spacial score (nSPS) is 11.7. The topological polar surface area (TPSA) is 242 Å². The Hall–Kier alpha value is -2.90. The first kappa shape index (κ1) is 50.2. The Labute approximate surface area is 385 Å². The van der Waals surface area contributed by atoms with Crippen LogP contribution in [0.15, 0.2) is 63.7 Å². The Kier molecular flexibility index (Phi) is 18.0. The molecule has 0 unspecified atom stereocenters. The number of nitrogens with one attached hydrogen (secondary N) is 2. The second-order valence-corrected chi connectivity index (χ2v) is 17.0. The number of azo groups is 1. The van der Waals surface area contributed by atoms with Crippen LogP contribution in [-0.2, 0) is 30.4 Å². The molecule has 4 aromatic rings. The summed E-state index contributed by atoms with van der Waals surface area (Å²) < 4.78 is 69.2. The number of carbonyl (C=O) groups excluding carboxylic acids is 2. The summed E-state index contributed by atoms with van der Waals surface area (Å²) in [5.74, 6) is -1.77. The van der Waals surface area contributed by atoms with Gasteiger partial charge in [0.15, 0.2) is 5.82 Å². The molecule has 0 aliphatic rings. The van der Waals surface area contributed by atoms with Crippen LogP contribution in [0.1, 0.15) is 68.2 Å². The van der Waals surface area contributed by atoms with Gasteiger partial charge in [0.25, 0.3) is 5.91 Å². The number of nitrogens with zero attached hydrogens (tertiary/aromatic N) is 6. The number of aromatic nitrogens is 2. The average molecular weight is 878 g/mol. The van der Waals surface area contributed by atoms with Crippen LogP contribution < -0.4 is 74.6 Å². The number of aryl methyl sites for hydroxylation is 1. The van der Waals surface area contributed by atoms with E-state index in [0.29, 0.717) is 23.5 Å². The first-order valence-corrected chi connectivity index (χ1v) is 20.2. The van der Waals surface area contributed by atoms with E-state index in [1.807, 2.05) is 32.6 Å². The fourth-order valence-corrected chi connectivity index (χ4v) is 7.14. The average Bonchev–Trinajstić information content (AvgIpc) is 3.44. The molecule has 16 nitrogen and oxygen atoms in total. The van der Waals surface area contributed by atoms with E-state index in [9.17, 15) is 40.8 Å². The van der Waals surface area contributed by atoms with E-state index >= 15 is 0 Å². The van der Waals surface area contributed by atoms with Gasteiger partial charge in [0.1, 0.15) is 33.1 Å². The zero-order valence-electron chi connectivity index (χ0n) is 32.5. The smallest absolute Gasteiger partial charge is 0.748 e. The third kappa shape index (κ3) is 13.0. The van der Waals surface area contributed by atoms with Gasteiger partial charge < -0.3 is 24.6 Å². The summed E-state index contributed by atoms with van der Waals surface area (Å²) in [4.78, 5) is 26.5. The molecule has 0 saturated heterocycles. The van der Waals surface area contributed by atoms with Gasteiger partial charge in [0.05, 0.1) is 36.4 Å². The molecule has 292 valence electrons. The van der Waals surface area contributed by atoms with E-state index in [4.69, 9.17) is 23.2 Å². The number of benzene rings is 3. The van der Waals surface area contributed by atoms with Gasteiger partial charge in [-0.15, -0.1) is 10.2 Å². The Morgan fingerprint density at radius 3 is 2.16 bits per heavy atom. The van der Waals surface area contributed by atoms with Gasteiger partial charge in [-0.2, -0.15) is 10.4 Å². The van der Waals surface area contributed by atoms with Crippen molar-refractivity contribution in [3.8, 4) is 11.8 Å². The Morgan fingerprint density at radius 2 is 1.63 bits per heavy atom. The summed E-state index contributed by atoms with van der Waals surface area (Å²) in [5.41, 5.74) is 1.55. The number of hydrogen-bond donors (Lipinski definition) is 2. The minimum Gasteiger partial charge on any atom is -0.748 e. The molecule has 3 aromatic carbocycles. The molecule has 0 bridgehead atoms. The van der Waals surface area contributed by atoms with Gasteiger partial charge in [0.2, 0.25) is 5.91 Å². The van der Waals surface area contributed by atoms with Crippen molar-refractivity contribution in [2.45, 2.75) is 58.3 Å². The van der Waals surface area contributed by atoms with Crippen LogP contribution in [0.5, 0.6) is 0 Å². The second kappa shape index (κ2) is 20.4. The van der Waals surface area contributed by atoms with Crippen LogP contribution in [0.3, 0.4) is 0 Å². The van der Waals surface area contributed by atoms with E-state index in [2.05, 4.69) is 32.0 Å². The van der Waals surface area contributed by atoms with Crippen LogP contribution in [-0.4, -0.2) is 66.4 Å². The predicted molar refractivity (Wildman–Crippen MR) is 206 cm³/mol. The van der Waals surface area contributed by atoms with E-state index < -0.39 is 48.1 Å². The maximum atomic E-state index is 13.0. The molecular weight excluding hydrogens is 841 g/mol. The fraction of sp³-hybridized carbons (Fsp3) is 0.314. The fourth-order valence-electron chi connectivity index (χ4n) is 5.50. The number of anilines is 3. The van der Waals surface area contributed by atoms with E-state index in [1.165, 1.54) is 35.9 Å². The zero-order chi connectivity index (χ0) is 41.0. The summed E-state index contributed by atoms with van der Waals surface area (Å²) in [6.45, 7) is 11.2. The third-order valence-electron chi connectivity index (χ3n) is 7.98. The van der Waals surface area contributed by atoms with Crippen molar-refractivity contribution in [1.82, 2.24) is 9.78 Å². The molecule has 1 aromatic heterocycles. The van der Waals surface area contributed by atoms with Gasteiger partial charge in [-0.1, -0.05) is 50.0 Å². The Balaban J connectivity index is 0.00000561. The van der Waals surface area contributed by atoms with Gasteiger partial charge >= 0.3 is 59.1 Å². The summed E-state index contributed by atoms with van der Waals surface area (Å²) in [5, 5.41) is 29.1. The Morgan fingerprint density at radius 1 is 1.00 bits per heavy atom. The SMILES string of the molecule is CCN(CCCS(=O)(=O)[O-])c1cc(NC(C)=O)c(N=Nc2c(C#N)c(C(C)(C)C)nn2-c2c(Cl)cc(NC(=O)c3cccc(S(=O)(=O)[O-])c3)cc2Cl)cc1C.[Na+].[Na+]. The van der Waals surface area contributed by atoms with E-state index in [1.54, 1.807) is 19.1 Å². The molecule has 2 amide bonds. The van der Waals surface area contributed by atoms with Crippen molar-refractivity contribution in [3.05, 3.63) is 81.0 Å². The van der Waals surface area contributed by atoms with Crippen molar-refractivity contribution >= 4 is 83.8 Å². The van der Waals surface area contributed by atoms with Crippen LogP contribution in [0.2, 0.25) is 10.0 Å². The number of amides is 2. The largest absolute Gasteiger partial charge is 1.00 e. The summed E-state index contributed by atoms with van der Waals surface area (Å²) in [6, 6.07) is 12.7. The maximum absolute atomic E-state index is 13.0. The van der Waals surface area contributed by atoms with Gasteiger partial charge in [-0.05, 0) is 68.3 Å². The molecule has 0 radical (unpaired) electrons.